The number of benzene rings is 1. The van der Waals surface area contributed by atoms with Gasteiger partial charge in [-0.25, -0.2) is 0 Å². The minimum absolute atomic E-state index is 0.200. The number of hydrogen-bond donors (Lipinski definition) is 0. The summed E-state index contributed by atoms with van der Waals surface area (Å²) in [4.78, 5) is 16.9. The average Bonchev–Trinajstić information content (AvgIpc) is 3.41. The Labute approximate surface area is 175 Å². The Balaban J connectivity index is 1.25. The lowest BCUT2D eigenvalue weighted by Crippen LogP contribution is -2.35. The smallest absolute Gasteiger partial charge is 0.283 e. The van der Waals surface area contributed by atoms with Gasteiger partial charge in [-0.15, -0.1) is 10.2 Å². The fourth-order valence-corrected chi connectivity index (χ4v) is 3.59. The van der Waals surface area contributed by atoms with Crippen LogP contribution in [0.4, 0.5) is 0 Å². The molecule has 1 aromatic carbocycles. The van der Waals surface area contributed by atoms with Gasteiger partial charge >= 0.3 is 0 Å². The standard InChI is InChI=1S/C22H26N4O4/c1-28-18-8-5-17(6-9-18)7-10-21(27)26-12-3-11-25(13-14-26)16-20-23-24-22(30-20)19-4-2-15-29-19/h2,4-6,8-9,15H,3,7,10-14,16H2,1H3. The number of hydrogen-bond acceptors (Lipinski definition) is 7. The molecule has 8 heteroatoms. The number of carbonyl (C=O) groups is 1. The van der Waals surface area contributed by atoms with Gasteiger partial charge < -0.3 is 18.5 Å². The number of nitrogens with zero attached hydrogens (tertiary/aromatic N) is 4. The summed E-state index contributed by atoms with van der Waals surface area (Å²) in [5.41, 5.74) is 1.14. The van der Waals surface area contributed by atoms with Crippen molar-refractivity contribution in [1.82, 2.24) is 20.0 Å². The van der Waals surface area contributed by atoms with Crippen LogP contribution in [0.5, 0.6) is 5.75 Å². The lowest BCUT2D eigenvalue weighted by molar-refractivity contribution is -0.131. The third-order valence-corrected chi connectivity index (χ3v) is 5.29. The van der Waals surface area contributed by atoms with Gasteiger partial charge in [0.15, 0.2) is 5.76 Å². The Kier molecular flexibility index (Phi) is 6.44. The van der Waals surface area contributed by atoms with Crippen LogP contribution >= 0.6 is 0 Å². The summed E-state index contributed by atoms with van der Waals surface area (Å²) in [5.74, 6) is 2.54. The summed E-state index contributed by atoms with van der Waals surface area (Å²) in [6.07, 6.45) is 3.75. The molecule has 0 radical (unpaired) electrons. The Morgan fingerprint density at radius 2 is 1.97 bits per heavy atom. The molecule has 1 fully saturated rings. The maximum atomic E-state index is 12.7. The van der Waals surface area contributed by atoms with Crippen molar-refractivity contribution in [2.24, 2.45) is 0 Å². The largest absolute Gasteiger partial charge is 0.497 e. The molecular weight excluding hydrogens is 384 g/mol. The summed E-state index contributed by atoms with van der Waals surface area (Å²) in [7, 11) is 1.65. The molecule has 0 atom stereocenters. The number of ether oxygens (including phenoxy) is 1. The molecule has 1 saturated heterocycles. The van der Waals surface area contributed by atoms with E-state index in [0.29, 0.717) is 37.1 Å². The Morgan fingerprint density at radius 1 is 1.10 bits per heavy atom. The molecule has 1 aliphatic rings. The molecular formula is C22H26N4O4. The van der Waals surface area contributed by atoms with Crippen LogP contribution < -0.4 is 4.74 Å². The Morgan fingerprint density at radius 3 is 2.73 bits per heavy atom. The highest BCUT2D eigenvalue weighted by Crippen LogP contribution is 2.19. The summed E-state index contributed by atoms with van der Waals surface area (Å²) >= 11 is 0. The van der Waals surface area contributed by atoms with E-state index < -0.39 is 0 Å². The van der Waals surface area contributed by atoms with Crippen molar-refractivity contribution >= 4 is 5.91 Å². The van der Waals surface area contributed by atoms with E-state index in [2.05, 4.69) is 15.1 Å². The predicted molar refractivity (Wildman–Crippen MR) is 110 cm³/mol. The molecule has 3 heterocycles. The molecule has 4 rings (SSSR count). The van der Waals surface area contributed by atoms with Crippen LogP contribution in [0.1, 0.15) is 24.3 Å². The van der Waals surface area contributed by atoms with Gasteiger partial charge in [0.25, 0.3) is 5.89 Å². The molecule has 30 heavy (non-hydrogen) atoms. The third-order valence-electron chi connectivity index (χ3n) is 5.29. The minimum atomic E-state index is 0.200. The number of aromatic nitrogens is 2. The number of rotatable bonds is 7. The lowest BCUT2D eigenvalue weighted by atomic mass is 10.1. The molecule has 3 aromatic rings. The highest BCUT2D eigenvalue weighted by molar-refractivity contribution is 5.76. The van der Waals surface area contributed by atoms with E-state index in [1.54, 1.807) is 25.5 Å². The van der Waals surface area contributed by atoms with Gasteiger partial charge in [-0.3, -0.25) is 9.69 Å². The quantitative estimate of drug-likeness (QED) is 0.592. The van der Waals surface area contributed by atoms with Crippen LogP contribution in [0.2, 0.25) is 0 Å². The lowest BCUT2D eigenvalue weighted by Gasteiger charge is -2.21. The van der Waals surface area contributed by atoms with Crippen molar-refractivity contribution in [3.05, 3.63) is 54.1 Å². The molecule has 8 nitrogen and oxygen atoms in total. The van der Waals surface area contributed by atoms with Crippen molar-refractivity contribution in [2.75, 3.05) is 33.3 Å². The first kappa shape index (κ1) is 20.2. The SMILES string of the molecule is COc1ccc(CCC(=O)N2CCCN(Cc3nnc(-c4ccco4)o3)CC2)cc1. The van der Waals surface area contributed by atoms with Crippen LogP contribution in [0.15, 0.2) is 51.5 Å². The second-order valence-corrected chi connectivity index (χ2v) is 7.34. The number of aryl methyl sites for hydroxylation is 1. The summed E-state index contributed by atoms with van der Waals surface area (Å²) in [6, 6.07) is 11.5. The summed E-state index contributed by atoms with van der Waals surface area (Å²) < 4.78 is 16.2. The van der Waals surface area contributed by atoms with Gasteiger partial charge in [0.05, 0.1) is 19.9 Å². The molecule has 1 aliphatic heterocycles. The number of methoxy groups -OCH3 is 1. The van der Waals surface area contributed by atoms with Crippen molar-refractivity contribution < 1.29 is 18.4 Å². The number of carbonyl (C=O) groups excluding carboxylic acids is 1. The van der Waals surface area contributed by atoms with Crippen molar-refractivity contribution in [1.29, 1.82) is 0 Å². The fraction of sp³-hybridized carbons (Fsp3) is 0.409. The first-order valence-electron chi connectivity index (χ1n) is 10.2. The van der Waals surface area contributed by atoms with Crippen LogP contribution in [-0.4, -0.2) is 59.2 Å². The van der Waals surface area contributed by atoms with E-state index in [9.17, 15) is 4.79 Å². The summed E-state index contributed by atoms with van der Waals surface area (Å²) in [6.45, 7) is 3.73. The molecule has 0 spiro atoms. The van der Waals surface area contributed by atoms with Gasteiger partial charge in [0.1, 0.15) is 5.75 Å². The van der Waals surface area contributed by atoms with Crippen molar-refractivity contribution in [3.63, 3.8) is 0 Å². The summed E-state index contributed by atoms with van der Waals surface area (Å²) in [5, 5.41) is 8.16. The maximum Gasteiger partial charge on any atom is 0.283 e. The van der Waals surface area contributed by atoms with Gasteiger partial charge in [-0.2, -0.15) is 0 Å². The third kappa shape index (κ3) is 5.07. The van der Waals surface area contributed by atoms with Crippen LogP contribution in [0.3, 0.4) is 0 Å². The second-order valence-electron chi connectivity index (χ2n) is 7.34. The van der Waals surface area contributed by atoms with Crippen LogP contribution in [0.25, 0.3) is 11.7 Å². The molecule has 0 unspecified atom stereocenters. The molecule has 0 aliphatic carbocycles. The second kappa shape index (κ2) is 9.58. The zero-order valence-corrected chi connectivity index (χ0v) is 17.1. The number of amides is 1. The van der Waals surface area contributed by atoms with E-state index in [4.69, 9.17) is 13.6 Å². The molecule has 0 saturated carbocycles. The topological polar surface area (TPSA) is 84.8 Å². The zero-order valence-electron chi connectivity index (χ0n) is 17.1. The normalized spacial score (nSPS) is 15.2. The number of furan rings is 1. The van der Waals surface area contributed by atoms with Crippen LogP contribution in [0, 0.1) is 0 Å². The van der Waals surface area contributed by atoms with E-state index in [-0.39, 0.29) is 5.91 Å². The van der Waals surface area contributed by atoms with E-state index >= 15 is 0 Å². The first-order valence-corrected chi connectivity index (χ1v) is 10.2. The monoisotopic (exact) mass is 410 g/mol. The minimum Gasteiger partial charge on any atom is -0.497 e. The van der Waals surface area contributed by atoms with Gasteiger partial charge in [-0.1, -0.05) is 12.1 Å². The molecule has 2 aromatic heterocycles. The highest BCUT2D eigenvalue weighted by Gasteiger charge is 2.21. The molecule has 0 bridgehead atoms. The fourth-order valence-electron chi connectivity index (χ4n) is 3.59. The Hall–Kier alpha value is -3.13. The molecule has 1 amide bonds. The maximum absolute atomic E-state index is 12.7. The van der Waals surface area contributed by atoms with Gasteiger partial charge in [0, 0.05) is 32.6 Å². The first-order chi connectivity index (χ1) is 14.7. The van der Waals surface area contributed by atoms with E-state index in [1.807, 2.05) is 29.2 Å². The van der Waals surface area contributed by atoms with Crippen molar-refractivity contribution in [2.45, 2.75) is 25.8 Å². The molecule has 0 N–H and O–H groups in total. The predicted octanol–water partition coefficient (Wildman–Crippen LogP) is 3.01. The van der Waals surface area contributed by atoms with Gasteiger partial charge in [-0.05, 0) is 42.7 Å². The van der Waals surface area contributed by atoms with E-state index in [1.165, 1.54) is 0 Å². The van der Waals surface area contributed by atoms with Gasteiger partial charge in [0.2, 0.25) is 11.8 Å². The average molecular weight is 410 g/mol. The zero-order chi connectivity index (χ0) is 20.8. The van der Waals surface area contributed by atoms with Crippen molar-refractivity contribution in [3.8, 4) is 17.4 Å². The van der Waals surface area contributed by atoms with Crippen LogP contribution in [-0.2, 0) is 17.8 Å². The van der Waals surface area contributed by atoms with E-state index in [0.717, 1.165) is 43.8 Å². The molecule has 158 valence electrons. The Bertz CT molecular complexity index is 936. The highest BCUT2D eigenvalue weighted by atomic mass is 16.5.